The van der Waals surface area contributed by atoms with Gasteiger partial charge in [0.1, 0.15) is 5.82 Å². The van der Waals surface area contributed by atoms with E-state index >= 15 is 0 Å². The van der Waals surface area contributed by atoms with Crippen LogP contribution in [0.1, 0.15) is 15.9 Å². The van der Waals surface area contributed by atoms with Crippen molar-refractivity contribution in [2.75, 3.05) is 12.8 Å². The van der Waals surface area contributed by atoms with E-state index in [-0.39, 0.29) is 17.0 Å². The van der Waals surface area contributed by atoms with Gasteiger partial charge < -0.3 is 11.1 Å². The van der Waals surface area contributed by atoms with Gasteiger partial charge in [0.05, 0.1) is 5.56 Å². The minimum atomic E-state index is -0.423. The average Bonchev–Trinajstić information content (AvgIpc) is 2.12. The summed E-state index contributed by atoms with van der Waals surface area (Å²) < 4.78 is 13.0. The Labute approximate surface area is 75.7 Å². The van der Waals surface area contributed by atoms with E-state index in [1.54, 1.807) is 0 Å². The van der Waals surface area contributed by atoms with Crippen LogP contribution in [0.5, 0.6) is 0 Å². The summed E-state index contributed by atoms with van der Waals surface area (Å²) in [6, 6.07) is 2.63. The maximum Gasteiger partial charge on any atom is 0.253 e. The maximum absolute atomic E-state index is 13.0. The smallest absolute Gasteiger partial charge is 0.253 e. The topological polar surface area (TPSA) is 55.1 Å². The lowest BCUT2D eigenvalue weighted by Crippen LogP contribution is -2.21. The quantitative estimate of drug-likeness (QED) is 0.638. The number of carbonyl (C=O) groups is 1. The Balaban J connectivity index is 3.33. The molecule has 3 N–H and O–H groups in total. The fraction of sp³-hybridized carbons (Fsp3) is 0.222. The van der Waals surface area contributed by atoms with Crippen molar-refractivity contribution < 1.29 is 9.18 Å². The number of nitrogens with two attached hydrogens (primary N) is 1. The number of amides is 1. The molecule has 0 atom stereocenters. The molecule has 0 aliphatic heterocycles. The fourth-order valence-electron chi connectivity index (χ4n) is 1.13. The number of rotatable bonds is 1. The molecule has 4 heteroatoms. The van der Waals surface area contributed by atoms with E-state index in [1.807, 2.05) is 0 Å². The highest BCUT2D eigenvalue weighted by Crippen LogP contribution is 2.19. The van der Waals surface area contributed by atoms with Crippen molar-refractivity contribution in [3.8, 4) is 0 Å². The van der Waals surface area contributed by atoms with Crippen LogP contribution >= 0.6 is 0 Å². The number of hydrogen-bond donors (Lipinski definition) is 2. The summed E-state index contributed by atoms with van der Waals surface area (Å²) in [4.78, 5) is 11.2. The van der Waals surface area contributed by atoms with Crippen molar-refractivity contribution in [1.29, 1.82) is 0 Å². The molecule has 0 spiro atoms. The summed E-state index contributed by atoms with van der Waals surface area (Å²) >= 11 is 0. The third kappa shape index (κ3) is 1.61. The first-order valence-corrected chi connectivity index (χ1v) is 3.84. The largest absolute Gasteiger partial charge is 0.398 e. The zero-order valence-electron chi connectivity index (χ0n) is 7.52. The molecule has 1 rings (SSSR count). The standard InChI is InChI=1S/C9H11FN2O/c1-5-6(10)3-4-7(11)8(5)9(13)12-2/h3-4H,11H2,1-2H3,(H,12,13). The molecule has 3 nitrogen and oxygen atoms in total. The second kappa shape index (κ2) is 3.43. The average molecular weight is 182 g/mol. The van der Waals surface area contributed by atoms with Crippen molar-refractivity contribution in [3.63, 3.8) is 0 Å². The number of benzene rings is 1. The van der Waals surface area contributed by atoms with Gasteiger partial charge in [-0.3, -0.25) is 4.79 Å². The summed E-state index contributed by atoms with van der Waals surface area (Å²) in [6.45, 7) is 1.52. The molecule has 0 saturated heterocycles. The van der Waals surface area contributed by atoms with Crippen LogP contribution in [0.4, 0.5) is 10.1 Å². The number of carbonyl (C=O) groups excluding carboxylic acids is 1. The Morgan fingerprint density at radius 3 is 2.69 bits per heavy atom. The van der Waals surface area contributed by atoms with Gasteiger partial charge in [-0.15, -0.1) is 0 Å². The number of hydrogen-bond acceptors (Lipinski definition) is 2. The van der Waals surface area contributed by atoms with Crippen LogP contribution in [0.15, 0.2) is 12.1 Å². The van der Waals surface area contributed by atoms with E-state index in [0.717, 1.165) is 0 Å². The van der Waals surface area contributed by atoms with Crippen LogP contribution < -0.4 is 11.1 Å². The Morgan fingerprint density at radius 1 is 1.54 bits per heavy atom. The van der Waals surface area contributed by atoms with E-state index in [2.05, 4.69) is 5.32 Å². The molecule has 0 aromatic heterocycles. The van der Waals surface area contributed by atoms with Gasteiger partial charge in [0.15, 0.2) is 0 Å². The van der Waals surface area contributed by atoms with Crippen molar-refractivity contribution in [3.05, 3.63) is 29.1 Å². The molecule has 70 valence electrons. The van der Waals surface area contributed by atoms with E-state index < -0.39 is 5.82 Å². The summed E-state index contributed by atoms with van der Waals surface area (Å²) in [5.74, 6) is -0.790. The van der Waals surface area contributed by atoms with Crippen LogP contribution in [0, 0.1) is 12.7 Å². The zero-order chi connectivity index (χ0) is 10.0. The first-order valence-electron chi connectivity index (χ1n) is 3.84. The third-order valence-electron chi connectivity index (χ3n) is 1.89. The normalized spacial score (nSPS) is 9.77. The lowest BCUT2D eigenvalue weighted by Gasteiger charge is -2.08. The molecule has 0 aliphatic carbocycles. The van der Waals surface area contributed by atoms with Gasteiger partial charge in [-0.1, -0.05) is 0 Å². The van der Waals surface area contributed by atoms with Crippen LogP contribution in [-0.2, 0) is 0 Å². The third-order valence-corrected chi connectivity index (χ3v) is 1.89. The molecule has 0 unspecified atom stereocenters. The summed E-state index contributed by atoms with van der Waals surface area (Å²) in [6.07, 6.45) is 0. The summed E-state index contributed by atoms with van der Waals surface area (Å²) in [5, 5.41) is 2.40. The molecule has 1 aromatic carbocycles. The Morgan fingerprint density at radius 2 is 2.15 bits per heavy atom. The first-order chi connectivity index (χ1) is 6.07. The fourth-order valence-corrected chi connectivity index (χ4v) is 1.13. The lowest BCUT2D eigenvalue weighted by atomic mass is 10.1. The Kier molecular flexibility index (Phi) is 2.51. The number of anilines is 1. The van der Waals surface area contributed by atoms with Gasteiger partial charge in [-0.2, -0.15) is 0 Å². The van der Waals surface area contributed by atoms with Crippen molar-refractivity contribution in [2.45, 2.75) is 6.92 Å². The second-order valence-corrected chi connectivity index (χ2v) is 2.72. The van der Waals surface area contributed by atoms with Crippen LogP contribution in [-0.4, -0.2) is 13.0 Å². The van der Waals surface area contributed by atoms with E-state index in [0.29, 0.717) is 5.69 Å². The van der Waals surface area contributed by atoms with Gasteiger partial charge in [0, 0.05) is 12.7 Å². The monoisotopic (exact) mass is 182 g/mol. The first kappa shape index (κ1) is 9.51. The summed E-state index contributed by atoms with van der Waals surface area (Å²) in [7, 11) is 1.48. The molecular formula is C9H11FN2O. The minimum absolute atomic E-state index is 0.211. The number of halogens is 1. The second-order valence-electron chi connectivity index (χ2n) is 2.72. The molecule has 0 aliphatic rings. The molecule has 0 fully saturated rings. The van der Waals surface area contributed by atoms with Crippen LogP contribution in [0.25, 0.3) is 0 Å². The molecule has 13 heavy (non-hydrogen) atoms. The van der Waals surface area contributed by atoms with Crippen LogP contribution in [0.3, 0.4) is 0 Å². The van der Waals surface area contributed by atoms with Gasteiger partial charge in [0.2, 0.25) is 0 Å². The van der Waals surface area contributed by atoms with Gasteiger partial charge >= 0.3 is 0 Å². The van der Waals surface area contributed by atoms with Crippen molar-refractivity contribution in [1.82, 2.24) is 5.32 Å². The van der Waals surface area contributed by atoms with E-state index in [9.17, 15) is 9.18 Å². The molecule has 1 amide bonds. The predicted octanol–water partition coefficient (Wildman–Crippen LogP) is 1.08. The Bertz CT molecular complexity index is 350. The number of nitrogen functional groups attached to an aromatic ring is 1. The molecule has 1 aromatic rings. The van der Waals surface area contributed by atoms with Crippen molar-refractivity contribution in [2.24, 2.45) is 0 Å². The van der Waals surface area contributed by atoms with E-state index in [4.69, 9.17) is 5.73 Å². The predicted molar refractivity (Wildman–Crippen MR) is 48.9 cm³/mol. The molecule has 0 heterocycles. The molecule has 0 saturated carbocycles. The maximum atomic E-state index is 13.0. The molecular weight excluding hydrogens is 171 g/mol. The summed E-state index contributed by atoms with van der Waals surface area (Å²) in [5.41, 5.74) is 6.32. The van der Waals surface area contributed by atoms with Gasteiger partial charge in [0.25, 0.3) is 5.91 Å². The lowest BCUT2D eigenvalue weighted by molar-refractivity contribution is 0.0963. The van der Waals surface area contributed by atoms with E-state index in [1.165, 1.54) is 26.1 Å². The van der Waals surface area contributed by atoms with Crippen LogP contribution in [0.2, 0.25) is 0 Å². The number of nitrogens with one attached hydrogen (secondary N) is 1. The van der Waals surface area contributed by atoms with Gasteiger partial charge in [-0.25, -0.2) is 4.39 Å². The zero-order valence-corrected chi connectivity index (χ0v) is 7.52. The highest BCUT2D eigenvalue weighted by atomic mass is 19.1. The highest BCUT2D eigenvalue weighted by molar-refractivity contribution is 6.00. The SMILES string of the molecule is CNC(=O)c1c(N)ccc(F)c1C. The minimum Gasteiger partial charge on any atom is -0.398 e. The van der Waals surface area contributed by atoms with Gasteiger partial charge in [-0.05, 0) is 24.6 Å². The van der Waals surface area contributed by atoms with Crippen molar-refractivity contribution >= 4 is 11.6 Å². The Hall–Kier alpha value is -1.58. The molecule has 0 bridgehead atoms. The molecule has 0 radical (unpaired) electrons. The highest BCUT2D eigenvalue weighted by Gasteiger charge is 2.13.